The number of carbonyl (C=O) groups excluding carboxylic acids is 3. The Hall–Kier alpha value is -1.59. The van der Waals surface area contributed by atoms with Gasteiger partial charge in [-0.3, -0.25) is 14.4 Å². The minimum Gasteiger partial charge on any atom is -0.462 e. The van der Waals surface area contributed by atoms with Gasteiger partial charge >= 0.3 is 17.9 Å². The molecule has 6 heteroatoms. The van der Waals surface area contributed by atoms with Crippen LogP contribution >= 0.6 is 0 Å². The highest BCUT2D eigenvalue weighted by Crippen LogP contribution is 2.16. The number of hydrogen-bond acceptors (Lipinski definition) is 6. The van der Waals surface area contributed by atoms with Crippen molar-refractivity contribution in [2.24, 2.45) is 17.8 Å². The molecule has 0 aliphatic heterocycles. The van der Waals surface area contributed by atoms with Gasteiger partial charge in [0.15, 0.2) is 6.10 Å². The van der Waals surface area contributed by atoms with Crippen LogP contribution in [0.25, 0.3) is 0 Å². The minimum absolute atomic E-state index is 0.0672. The van der Waals surface area contributed by atoms with Gasteiger partial charge in [0.25, 0.3) is 0 Å². The lowest BCUT2D eigenvalue weighted by atomic mass is 10.0. The lowest BCUT2D eigenvalue weighted by Crippen LogP contribution is -2.30. The summed E-state index contributed by atoms with van der Waals surface area (Å²) >= 11 is 0. The molecule has 308 valence electrons. The fourth-order valence-electron chi connectivity index (χ4n) is 6.70. The van der Waals surface area contributed by atoms with Crippen LogP contribution in [-0.4, -0.2) is 37.2 Å². The number of esters is 3. The standard InChI is InChI=1S/C46H88O6/c1-40(2)32-26-20-14-11-9-7-8-10-12-16-23-29-35-44(47)50-38-43(52-46(49)37-31-25-19-18-22-28-34-42(5)6)39-51-45(48)36-30-24-17-13-15-21-27-33-41(3)4/h40-43H,7-39H2,1-6H3/t43-/m1/s1. The number of carbonyl (C=O) groups is 3. The molecule has 0 bridgehead atoms. The quantitative estimate of drug-likeness (QED) is 0.0355. The average molecular weight is 737 g/mol. The molecule has 0 unspecified atom stereocenters. The summed E-state index contributed by atoms with van der Waals surface area (Å²) in [5.41, 5.74) is 0. The highest BCUT2D eigenvalue weighted by molar-refractivity contribution is 5.71. The highest BCUT2D eigenvalue weighted by atomic mass is 16.6. The van der Waals surface area contributed by atoms with Crippen LogP contribution in [0.2, 0.25) is 0 Å². The van der Waals surface area contributed by atoms with Crippen LogP contribution in [0.3, 0.4) is 0 Å². The zero-order chi connectivity index (χ0) is 38.5. The molecule has 1 atom stereocenters. The number of ether oxygens (including phenoxy) is 3. The van der Waals surface area contributed by atoms with Crippen molar-refractivity contribution in [2.45, 2.75) is 247 Å². The molecular formula is C46H88O6. The first-order valence-corrected chi connectivity index (χ1v) is 22.6. The maximum Gasteiger partial charge on any atom is 0.306 e. The molecule has 0 rings (SSSR count). The van der Waals surface area contributed by atoms with Crippen LogP contribution in [0, 0.1) is 17.8 Å². The summed E-state index contributed by atoms with van der Waals surface area (Å²) in [6.07, 6.45) is 34.0. The summed E-state index contributed by atoms with van der Waals surface area (Å²) in [5.74, 6) is 1.50. The molecule has 0 aromatic carbocycles. The van der Waals surface area contributed by atoms with Crippen LogP contribution < -0.4 is 0 Å². The van der Waals surface area contributed by atoms with Crippen molar-refractivity contribution in [3.8, 4) is 0 Å². The van der Waals surface area contributed by atoms with E-state index in [1.54, 1.807) is 0 Å². The first-order valence-electron chi connectivity index (χ1n) is 22.6. The van der Waals surface area contributed by atoms with Crippen molar-refractivity contribution in [3.05, 3.63) is 0 Å². The average Bonchev–Trinajstić information content (AvgIpc) is 3.09. The van der Waals surface area contributed by atoms with Crippen molar-refractivity contribution in [2.75, 3.05) is 13.2 Å². The van der Waals surface area contributed by atoms with E-state index in [9.17, 15) is 14.4 Å². The summed E-state index contributed by atoms with van der Waals surface area (Å²) in [5, 5.41) is 0. The highest BCUT2D eigenvalue weighted by Gasteiger charge is 2.19. The third-order valence-electron chi connectivity index (χ3n) is 10.1. The molecule has 0 saturated heterocycles. The molecule has 0 fully saturated rings. The van der Waals surface area contributed by atoms with Gasteiger partial charge in [-0.2, -0.15) is 0 Å². The third-order valence-corrected chi connectivity index (χ3v) is 10.1. The molecule has 0 amide bonds. The molecule has 0 aliphatic carbocycles. The van der Waals surface area contributed by atoms with Gasteiger partial charge in [-0.05, 0) is 37.0 Å². The van der Waals surface area contributed by atoms with Crippen molar-refractivity contribution >= 4 is 17.9 Å². The summed E-state index contributed by atoms with van der Waals surface area (Å²) in [4.78, 5) is 37.6. The maximum absolute atomic E-state index is 12.7. The fraction of sp³-hybridized carbons (Fsp3) is 0.935. The molecule has 0 aromatic rings. The van der Waals surface area contributed by atoms with Crippen LogP contribution in [0.1, 0.15) is 241 Å². The van der Waals surface area contributed by atoms with E-state index in [-0.39, 0.29) is 31.1 Å². The SMILES string of the molecule is CC(C)CCCCCCCCCCCCCCC(=O)OC[C@H](COC(=O)CCCCCCCCCC(C)C)OC(=O)CCCCCCCCC(C)C. The van der Waals surface area contributed by atoms with Crippen molar-refractivity contribution in [1.29, 1.82) is 0 Å². The number of unbranched alkanes of at least 4 members (excludes halogenated alkanes) is 22. The van der Waals surface area contributed by atoms with Gasteiger partial charge in [0.05, 0.1) is 0 Å². The molecule has 6 nitrogen and oxygen atoms in total. The molecule has 0 spiro atoms. The Bertz CT molecular complexity index is 807. The van der Waals surface area contributed by atoms with E-state index in [0.717, 1.165) is 75.5 Å². The first-order chi connectivity index (χ1) is 25.1. The second kappa shape index (κ2) is 37.7. The molecule has 52 heavy (non-hydrogen) atoms. The van der Waals surface area contributed by atoms with Crippen LogP contribution in [0.4, 0.5) is 0 Å². The van der Waals surface area contributed by atoms with E-state index in [2.05, 4.69) is 41.5 Å². The topological polar surface area (TPSA) is 78.9 Å². The lowest BCUT2D eigenvalue weighted by molar-refractivity contribution is -0.167. The largest absolute Gasteiger partial charge is 0.462 e. The minimum atomic E-state index is -0.762. The zero-order valence-corrected chi connectivity index (χ0v) is 35.6. The lowest BCUT2D eigenvalue weighted by Gasteiger charge is -2.18. The predicted octanol–water partition coefficient (Wildman–Crippen LogP) is 14.0. The molecule has 0 heterocycles. The van der Waals surface area contributed by atoms with Crippen LogP contribution in [0.5, 0.6) is 0 Å². The van der Waals surface area contributed by atoms with E-state index in [1.165, 1.54) is 122 Å². The predicted molar refractivity (Wildman–Crippen MR) is 219 cm³/mol. The van der Waals surface area contributed by atoms with Gasteiger partial charge < -0.3 is 14.2 Å². The smallest absolute Gasteiger partial charge is 0.306 e. The van der Waals surface area contributed by atoms with Gasteiger partial charge in [-0.25, -0.2) is 0 Å². The molecular weight excluding hydrogens is 648 g/mol. The van der Waals surface area contributed by atoms with Gasteiger partial charge in [0.1, 0.15) is 13.2 Å². The number of hydrogen-bond donors (Lipinski definition) is 0. The van der Waals surface area contributed by atoms with Crippen LogP contribution in [-0.2, 0) is 28.6 Å². The Morgan fingerprint density at radius 2 is 0.558 bits per heavy atom. The normalized spacial score (nSPS) is 12.2. The Kier molecular flexibility index (Phi) is 36.6. The zero-order valence-electron chi connectivity index (χ0n) is 35.6. The van der Waals surface area contributed by atoms with E-state index in [0.29, 0.717) is 19.3 Å². The van der Waals surface area contributed by atoms with Crippen LogP contribution in [0.15, 0.2) is 0 Å². The molecule has 0 radical (unpaired) electrons. The summed E-state index contributed by atoms with van der Waals surface area (Å²) in [7, 11) is 0. The second-order valence-electron chi connectivity index (χ2n) is 17.1. The van der Waals surface area contributed by atoms with E-state index >= 15 is 0 Å². The summed E-state index contributed by atoms with van der Waals surface area (Å²) < 4.78 is 16.7. The third kappa shape index (κ3) is 39.6. The first kappa shape index (κ1) is 50.4. The fourth-order valence-corrected chi connectivity index (χ4v) is 6.70. The maximum atomic E-state index is 12.7. The van der Waals surface area contributed by atoms with Crippen molar-refractivity contribution < 1.29 is 28.6 Å². The number of rotatable bonds is 39. The van der Waals surface area contributed by atoms with E-state index < -0.39 is 6.10 Å². The molecule has 0 aromatic heterocycles. The second-order valence-corrected chi connectivity index (χ2v) is 17.1. The van der Waals surface area contributed by atoms with Crippen molar-refractivity contribution in [1.82, 2.24) is 0 Å². The molecule has 0 saturated carbocycles. The Balaban J connectivity index is 4.29. The molecule has 0 aliphatic rings. The summed E-state index contributed by atoms with van der Waals surface area (Å²) in [6.45, 7) is 13.6. The van der Waals surface area contributed by atoms with Gasteiger partial charge in [0.2, 0.25) is 0 Å². The van der Waals surface area contributed by atoms with E-state index in [4.69, 9.17) is 14.2 Å². The van der Waals surface area contributed by atoms with Gasteiger partial charge in [-0.1, -0.05) is 202 Å². The van der Waals surface area contributed by atoms with Crippen molar-refractivity contribution in [3.63, 3.8) is 0 Å². The van der Waals surface area contributed by atoms with Gasteiger partial charge in [0, 0.05) is 19.3 Å². The Morgan fingerprint density at radius 1 is 0.327 bits per heavy atom. The Labute approximate surface area is 323 Å². The Morgan fingerprint density at radius 3 is 0.827 bits per heavy atom. The van der Waals surface area contributed by atoms with Gasteiger partial charge in [-0.15, -0.1) is 0 Å². The molecule has 0 N–H and O–H groups in total. The monoisotopic (exact) mass is 737 g/mol. The van der Waals surface area contributed by atoms with E-state index in [1.807, 2.05) is 0 Å². The summed E-state index contributed by atoms with van der Waals surface area (Å²) in [6, 6.07) is 0.